The Kier molecular flexibility index (Phi) is 4.67. The number of pyridine rings is 1. The van der Waals surface area contributed by atoms with Gasteiger partial charge in [-0.25, -0.2) is 0 Å². The summed E-state index contributed by atoms with van der Waals surface area (Å²) in [6.07, 6.45) is 5.38. The molecular weight excluding hydrogens is 224 g/mol. The van der Waals surface area contributed by atoms with Gasteiger partial charge >= 0.3 is 0 Å². The van der Waals surface area contributed by atoms with Crippen molar-refractivity contribution < 1.29 is 5.11 Å². The lowest BCUT2D eigenvalue weighted by molar-refractivity contribution is 0.160. The third-order valence-electron chi connectivity index (χ3n) is 3.07. The molecule has 1 atom stereocenters. The van der Waals surface area contributed by atoms with Gasteiger partial charge in [-0.3, -0.25) is 4.98 Å². The monoisotopic (exact) mass is 244 g/mol. The molecule has 1 aromatic carbocycles. The molecule has 96 valence electrons. The molecular formula is C15H20N2O. The summed E-state index contributed by atoms with van der Waals surface area (Å²) in [5.41, 5.74) is 1.18. The van der Waals surface area contributed by atoms with E-state index in [0.717, 1.165) is 24.8 Å². The summed E-state index contributed by atoms with van der Waals surface area (Å²) < 4.78 is 0. The van der Waals surface area contributed by atoms with Gasteiger partial charge in [-0.15, -0.1) is 0 Å². The van der Waals surface area contributed by atoms with Crippen molar-refractivity contribution in [2.45, 2.75) is 32.4 Å². The highest BCUT2D eigenvalue weighted by Crippen LogP contribution is 2.16. The number of nitrogens with zero attached hydrogens (tertiary/aromatic N) is 1. The van der Waals surface area contributed by atoms with E-state index in [-0.39, 0.29) is 6.10 Å². The van der Waals surface area contributed by atoms with Crippen LogP contribution in [-0.4, -0.2) is 22.7 Å². The summed E-state index contributed by atoms with van der Waals surface area (Å²) in [7, 11) is 0. The lowest BCUT2D eigenvalue weighted by Gasteiger charge is -2.11. The fraction of sp³-hybridized carbons (Fsp3) is 0.400. The molecule has 2 rings (SSSR count). The number of benzene rings is 1. The molecule has 0 bridgehead atoms. The lowest BCUT2D eigenvalue weighted by atomic mass is 10.1. The molecule has 3 nitrogen and oxygen atoms in total. The Bertz CT molecular complexity index is 493. The van der Waals surface area contributed by atoms with E-state index >= 15 is 0 Å². The highest BCUT2D eigenvalue weighted by Gasteiger charge is 2.04. The molecule has 1 aromatic heterocycles. The fourth-order valence-corrected chi connectivity index (χ4v) is 2.13. The molecule has 0 fully saturated rings. The second-order valence-electron chi connectivity index (χ2n) is 4.59. The number of aromatic nitrogens is 1. The summed E-state index contributed by atoms with van der Waals surface area (Å²) in [6, 6.07) is 8.23. The van der Waals surface area contributed by atoms with Gasteiger partial charge in [-0.1, -0.05) is 37.6 Å². The number of hydrogen-bond donors (Lipinski definition) is 2. The van der Waals surface area contributed by atoms with Crippen LogP contribution in [0, 0.1) is 0 Å². The molecule has 0 aliphatic carbocycles. The summed E-state index contributed by atoms with van der Waals surface area (Å²) in [5, 5.41) is 15.3. The zero-order valence-electron chi connectivity index (χ0n) is 10.8. The SMILES string of the molecule is CCCC(O)CNCc1cncc2ccccc12. The molecule has 0 aliphatic heterocycles. The Hall–Kier alpha value is -1.45. The fourth-order valence-electron chi connectivity index (χ4n) is 2.13. The number of rotatable bonds is 6. The van der Waals surface area contributed by atoms with Crippen molar-refractivity contribution in [3.05, 3.63) is 42.2 Å². The average molecular weight is 244 g/mol. The van der Waals surface area contributed by atoms with Crippen molar-refractivity contribution in [1.29, 1.82) is 0 Å². The molecule has 2 aromatic rings. The van der Waals surface area contributed by atoms with Crippen molar-refractivity contribution in [3.8, 4) is 0 Å². The van der Waals surface area contributed by atoms with Gasteiger partial charge in [-0.05, 0) is 17.4 Å². The molecule has 0 saturated carbocycles. The first-order chi connectivity index (χ1) is 8.81. The Morgan fingerprint density at radius 2 is 2.11 bits per heavy atom. The van der Waals surface area contributed by atoms with Crippen LogP contribution in [0.1, 0.15) is 25.3 Å². The molecule has 3 heteroatoms. The third-order valence-corrected chi connectivity index (χ3v) is 3.07. The van der Waals surface area contributed by atoms with Gasteiger partial charge in [0.1, 0.15) is 0 Å². The Morgan fingerprint density at radius 3 is 2.94 bits per heavy atom. The van der Waals surface area contributed by atoms with Crippen LogP contribution in [0.15, 0.2) is 36.7 Å². The predicted octanol–water partition coefficient (Wildman–Crippen LogP) is 2.49. The summed E-state index contributed by atoms with van der Waals surface area (Å²) >= 11 is 0. The maximum atomic E-state index is 9.66. The average Bonchev–Trinajstić information content (AvgIpc) is 2.39. The molecule has 0 saturated heterocycles. The van der Waals surface area contributed by atoms with Gasteiger partial charge in [0, 0.05) is 30.9 Å². The number of aliphatic hydroxyl groups excluding tert-OH is 1. The van der Waals surface area contributed by atoms with Gasteiger partial charge in [0.25, 0.3) is 0 Å². The van der Waals surface area contributed by atoms with Crippen LogP contribution < -0.4 is 5.32 Å². The van der Waals surface area contributed by atoms with Crippen molar-refractivity contribution in [3.63, 3.8) is 0 Å². The second kappa shape index (κ2) is 6.47. The van der Waals surface area contributed by atoms with Crippen LogP contribution in [0.3, 0.4) is 0 Å². The van der Waals surface area contributed by atoms with Crippen molar-refractivity contribution in [2.24, 2.45) is 0 Å². The standard InChI is InChI=1S/C15H20N2O/c1-2-5-14(18)11-17-10-13-9-16-8-12-6-3-4-7-15(12)13/h3-4,6-9,14,17-18H,2,5,10-11H2,1H3. The molecule has 0 radical (unpaired) electrons. The van der Waals surface area contributed by atoms with E-state index in [9.17, 15) is 5.11 Å². The van der Waals surface area contributed by atoms with E-state index in [1.165, 1.54) is 10.9 Å². The minimum absolute atomic E-state index is 0.252. The van der Waals surface area contributed by atoms with Crippen LogP contribution in [-0.2, 0) is 6.54 Å². The second-order valence-corrected chi connectivity index (χ2v) is 4.59. The van der Waals surface area contributed by atoms with E-state index in [2.05, 4.69) is 29.4 Å². The summed E-state index contributed by atoms with van der Waals surface area (Å²) in [5.74, 6) is 0. The molecule has 1 unspecified atom stereocenters. The zero-order chi connectivity index (χ0) is 12.8. The summed E-state index contributed by atoms with van der Waals surface area (Å²) in [4.78, 5) is 4.24. The number of fused-ring (bicyclic) bond motifs is 1. The van der Waals surface area contributed by atoms with E-state index in [4.69, 9.17) is 0 Å². The molecule has 0 spiro atoms. The minimum atomic E-state index is -0.252. The van der Waals surface area contributed by atoms with E-state index in [1.807, 2.05) is 24.5 Å². The lowest BCUT2D eigenvalue weighted by Crippen LogP contribution is -2.26. The first kappa shape index (κ1) is 13.0. The van der Waals surface area contributed by atoms with Crippen LogP contribution >= 0.6 is 0 Å². The van der Waals surface area contributed by atoms with Gasteiger partial charge < -0.3 is 10.4 Å². The van der Waals surface area contributed by atoms with Gasteiger partial charge in [0.15, 0.2) is 0 Å². The first-order valence-electron chi connectivity index (χ1n) is 6.51. The Balaban J connectivity index is 1.99. The molecule has 1 heterocycles. The first-order valence-corrected chi connectivity index (χ1v) is 6.51. The van der Waals surface area contributed by atoms with Crippen LogP contribution in [0.2, 0.25) is 0 Å². The maximum absolute atomic E-state index is 9.66. The van der Waals surface area contributed by atoms with E-state index < -0.39 is 0 Å². The largest absolute Gasteiger partial charge is 0.392 e. The van der Waals surface area contributed by atoms with Crippen molar-refractivity contribution >= 4 is 10.8 Å². The topological polar surface area (TPSA) is 45.1 Å². The smallest absolute Gasteiger partial charge is 0.0664 e. The maximum Gasteiger partial charge on any atom is 0.0664 e. The number of aliphatic hydroxyl groups is 1. The minimum Gasteiger partial charge on any atom is -0.392 e. The zero-order valence-corrected chi connectivity index (χ0v) is 10.8. The molecule has 0 amide bonds. The predicted molar refractivity (Wildman–Crippen MR) is 74.4 cm³/mol. The Labute approximate surface area is 108 Å². The molecule has 0 aliphatic rings. The van der Waals surface area contributed by atoms with Crippen molar-refractivity contribution in [1.82, 2.24) is 10.3 Å². The highest BCUT2D eigenvalue weighted by molar-refractivity contribution is 5.84. The van der Waals surface area contributed by atoms with Gasteiger partial charge in [0.2, 0.25) is 0 Å². The molecule has 2 N–H and O–H groups in total. The quantitative estimate of drug-likeness (QED) is 0.820. The van der Waals surface area contributed by atoms with Gasteiger partial charge in [-0.2, -0.15) is 0 Å². The van der Waals surface area contributed by atoms with E-state index in [1.54, 1.807) is 0 Å². The van der Waals surface area contributed by atoms with E-state index in [0.29, 0.717) is 6.54 Å². The summed E-state index contributed by atoms with van der Waals surface area (Å²) in [6.45, 7) is 3.46. The van der Waals surface area contributed by atoms with Crippen LogP contribution in [0.4, 0.5) is 0 Å². The number of nitrogens with one attached hydrogen (secondary N) is 1. The van der Waals surface area contributed by atoms with Crippen LogP contribution in [0.25, 0.3) is 10.8 Å². The normalized spacial score (nSPS) is 12.8. The molecule has 18 heavy (non-hydrogen) atoms. The third kappa shape index (κ3) is 3.28. The van der Waals surface area contributed by atoms with Crippen LogP contribution in [0.5, 0.6) is 0 Å². The van der Waals surface area contributed by atoms with Gasteiger partial charge in [0.05, 0.1) is 6.10 Å². The van der Waals surface area contributed by atoms with Crippen molar-refractivity contribution in [2.75, 3.05) is 6.54 Å². The Morgan fingerprint density at radius 1 is 1.28 bits per heavy atom. The highest BCUT2D eigenvalue weighted by atomic mass is 16.3. The number of hydrogen-bond acceptors (Lipinski definition) is 3.